The molecule has 3 heteroatoms. The Bertz CT molecular complexity index is 308. The Morgan fingerprint density at radius 2 is 2.00 bits per heavy atom. The van der Waals surface area contributed by atoms with Gasteiger partial charge in [0, 0.05) is 16.6 Å². The van der Waals surface area contributed by atoms with Gasteiger partial charge in [-0.15, -0.1) is 0 Å². The molecular weight excluding hydrogens is 204 g/mol. The van der Waals surface area contributed by atoms with Gasteiger partial charge >= 0.3 is 0 Å². The Morgan fingerprint density at radius 1 is 1.20 bits per heavy atom. The summed E-state index contributed by atoms with van der Waals surface area (Å²) in [6.07, 6.45) is 6.77. The van der Waals surface area contributed by atoms with Crippen molar-refractivity contribution in [1.82, 2.24) is 4.72 Å². The lowest BCUT2D eigenvalue weighted by atomic mass is 9.96. The molecule has 0 heterocycles. The van der Waals surface area contributed by atoms with Gasteiger partial charge in [-0.25, -0.2) is 0 Å². The summed E-state index contributed by atoms with van der Waals surface area (Å²) in [4.78, 5) is 1.21. The summed E-state index contributed by atoms with van der Waals surface area (Å²) in [5.74, 6) is 0. The highest BCUT2D eigenvalue weighted by Gasteiger charge is 2.12. The second-order valence-electron chi connectivity index (χ2n) is 4.13. The number of nitrogens with one attached hydrogen (secondary N) is 1. The predicted octanol–water partition coefficient (Wildman–Crippen LogP) is 3.20. The highest BCUT2D eigenvalue weighted by Crippen LogP contribution is 2.23. The Balaban J connectivity index is 1.81. The lowest BCUT2D eigenvalue weighted by Gasteiger charge is -2.22. The molecule has 1 saturated carbocycles. The molecule has 0 radical (unpaired) electrons. The molecule has 3 N–H and O–H groups in total. The Morgan fingerprint density at radius 3 is 2.73 bits per heavy atom. The van der Waals surface area contributed by atoms with Crippen molar-refractivity contribution in [1.29, 1.82) is 0 Å². The predicted molar refractivity (Wildman–Crippen MR) is 66.7 cm³/mol. The van der Waals surface area contributed by atoms with E-state index in [2.05, 4.69) is 10.8 Å². The molecule has 0 unspecified atom stereocenters. The molecule has 1 fully saturated rings. The van der Waals surface area contributed by atoms with Gasteiger partial charge in [0.15, 0.2) is 0 Å². The summed E-state index contributed by atoms with van der Waals surface area (Å²) in [6.45, 7) is 0. The van der Waals surface area contributed by atoms with Gasteiger partial charge in [0.2, 0.25) is 0 Å². The van der Waals surface area contributed by atoms with Crippen molar-refractivity contribution >= 4 is 17.6 Å². The van der Waals surface area contributed by atoms with E-state index in [1.165, 1.54) is 37.0 Å². The Labute approximate surface area is 95.8 Å². The van der Waals surface area contributed by atoms with Crippen LogP contribution in [0.4, 0.5) is 5.69 Å². The van der Waals surface area contributed by atoms with Gasteiger partial charge < -0.3 is 5.73 Å². The first-order valence-electron chi connectivity index (χ1n) is 5.62. The molecule has 0 bridgehead atoms. The number of hydrogen-bond acceptors (Lipinski definition) is 3. The van der Waals surface area contributed by atoms with E-state index in [-0.39, 0.29) is 0 Å². The van der Waals surface area contributed by atoms with Gasteiger partial charge in [-0.2, -0.15) is 0 Å². The Kier molecular flexibility index (Phi) is 3.92. The largest absolute Gasteiger partial charge is 0.399 e. The van der Waals surface area contributed by atoms with Crippen molar-refractivity contribution in [2.24, 2.45) is 0 Å². The van der Waals surface area contributed by atoms with Gasteiger partial charge in [-0.1, -0.05) is 25.3 Å². The molecule has 0 aliphatic heterocycles. The van der Waals surface area contributed by atoms with Crippen molar-refractivity contribution in [2.75, 3.05) is 5.73 Å². The average Bonchev–Trinajstić information content (AvgIpc) is 2.28. The van der Waals surface area contributed by atoms with E-state index in [1.807, 2.05) is 18.2 Å². The molecule has 1 aromatic carbocycles. The summed E-state index contributed by atoms with van der Waals surface area (Å²) in [5.41, 5.74) is 6.56. The van der Waals surface area contributed by atoms with Crippen LogP contribution in [0.1, 0.15) is 32.1 Å². The van der Waals surface area contributed by atoms with E-state index in [0.29, 0.717) is 6.04 Å². The van der Waals surface area contributed by atoms with Gasteiger partial charge in [0.05, 0.1) is 0 Å². The van der Waals surface area contributed by atoms with Crippen LogP contribution in [0, 0.1) is 0 Å². The molecule has 1 aromatic rings. The van der Waals surface area contributed by atoms with Crippen LogP contribution in [0.25, 0.3) is 0 Å². The summed E-state index contributed by atoms with van der Waals surface area (Å²) >= 11 is 1.71. The summed E-state index contributed by atoms with van der Waals surface area (Å²) in [5, 5.41) is 0. The van der Waals surface area contributed by atoms with Crippen LogP contribution < -0.4 is 10.5 Å². The van der Waals surface area contributed by atoms with E-state index in [9.17, 15) is 0 Å². The summed E-state index contributed by atoms with van der Waals surface area (Å²) in [6, 6.07) is 8.72. The minimum atomic E-state index is 0.685. The second-order valence-corrected chi connectivity index (χ2v) is 5.04. The minimum Gasteiger partial charge on any atom is -0.399 e. The fourth-order valence-corrected chi connectivity index (χ4v) is 2.83. The van der Waals surface area contributed by atoms with Crippen LogP contribution in [0.15, 0.2) is 29.2 Å². The zero-order valence-corrected chi connectivity index (χ0v) is 9.72. The monoisotopic (exact) mass is 222 g/mol. The quantitative estimate of drug-likeness (QED) is 0.609. The molecule has 0 saturated heterocycles. The molecule has 82 valence electrons. The molecular formula is C12H18N2S. The molecule has 2 rings (SSSR count). The van der Waals surface area contributed by atoms with E-state index in [1.54, 1.807) is 11.9 Å². The normalized spacial score (nSPS) is 17.9. The number of nitrogen functional groups attached to an aromatic ring is 1. The van der Waals surface area contributed by atoms with Crippen molar-refractivity contribution in [3.8, 4) is 0 Å². The average molecular weight is 222 g/mol. The molecule has 0 aromatic heterocycles. The molecule has 0 atom stereocenters. The van der Waals surface area contributed by atoms with E-state index >= 15 is 0 Å². The SMILES string of the molecule is Nc1cccc(SNC2CCCCC2)c1. The molecule has 15 heavy (non-hydrogen) atoms. The van der Waals surface area contributed by atoms with Crippen LogP contribution in [0.5, 0.6) is 0 Å². The van der Waals surface area contributed by atoms with Crippen LogP contribution >= 0.6 is 11.9 Å². The first-order valence-corrected chi connectivity index (χ1v) is 6.44. The first-order chi connectivity index (χ1) is 7.34. The zero-order chi connectivity index (χ0) is 10.5. The topological polar surface area (TPSA) is 38.0 Å². The van der Waals surface area contributed by atoms with Crippen LogP contribution in [-0.2, 0) is 0 Å². The fraction of sp³-hybridized carbons (Fsp3) is 0.500. The maximum Gasteiger partial charge on any atom is 0.0325 e. The lowest BCUT2D eigenvalue weighted by Crippen LogP contribution is -2.25. The zero-order valence-electron chi connectivity index (χ0n) is 8.91. The number of hydrogen-bond donors (Lipinski definition) is 2. The van der Waals surface area contributed by atoms with Crippen LogP contribution in [-0.4, -0.2) is 6.04 Å². The van der Waals surface area contributed by atoms with Gasteiger partial charge in [0.1, 0.15) is 0 Å². The van der Waals surface area contributed by atoms with Crippen molar-refractivity contribution in [3.63, 3.8) is 0 Å². The molecule has 2 nitrogen and oxygen atoms in total. The van der Waals surface area contributed by atoms with E-state index in [0.717, 1.165) is 5.69 Å². The highest BCUT2D eigenvalue weighted by molar-refractivity contribution is 7.97. The van der Waals surface area contributed by atoms with E-state index in [4.69, 9.17) is 5.73 Å². The van der Waals surface area contributed by atoms with Crippen molar-refractivity contribution in [2.45, 2.75) is 43.0 Å². The molecule has 1 aliphatic carbocycles. The minimum absolute atomic E-state index is 0.685. The highest BCUT2D eigenvalue weighted by atomic mass is 32.2. The number of rotatable bonds is 3. The van der Waals surface area contributed by atoms with Crippen molar-refractivity contribution < 1.29 is 0 Å². The number of benzene rings is 1. The first kappa shape index (κ1) is 10.8. The van der Waals surface area contributed by atoms with Gasteiger partial charge in [-0.3, -0.25) is 4.72 Å². The second kappa shape index (κ2) is 5.42. The maximum atomic E-state index is 5.73. The third kappa shape index (κ3) is 3.43. The van der Waals surface area contributed by atoms with Crippen LogP contribution in [0.3, 0.4) is 0 Å². The van der Waals surface area contributed by atoms with Gasteiger partial charge in [-0.05, 0) is 43.0 Å². The Hall–Kier alpha value is -0.670. The molecule has 0 amide bonds. The number of nitrogens with two attached hydrogens (primary N) is 1. The third-order valence-electron chi connectivity index (χ3n) is 2.81. The third-order valence-corrected chi connectivity index (χ3v) is 3.75. The summed E-state index contributed by atoms with van der Waals surface area (Å²) < 4.78 is 3.53. The maximum absolute atomic E-state index is 5.73. The fourth-order valence-electron chi connectivity index (χ4n) is 1.95. The smallest absolute Gasteiger partial charge is 0.0325 e. The molecule has 1 aliphatic rings. The standard InChI is InChI=1S/C12H18N2S/c13-10-5-4-8-12(9-10)15-14-11-6-2-1-3-7-11/h4-5,8-9,11,14H,1-3,6-7,13H2. The van der Waals surface area contributed by atoms with Crippen molar-refractivity contribution in [3.05, 3.63) is 24.3 Å². The molecule has 0 spiro atoms. The van der Waals surface area contributed by atoms with Gasteiger partial charge in [0.25, 0.3) is 0 Å². The summed E-state index contributed by atoms with van der Waals surface area (Å²) in [7, 11) is 0. The van der Waals surface area contributed by atoms with Crippen LogP contribution in [0.2, 0.25) is 0 Å². The van der Waals surface area contributed by atoms with E-state index < -0.39 is 0 Å². The lowest BCUT2D eigenvalue weighted by molar-refractivity contribution is 0.423. The number of anilines is 1.